The van der Waals surface area contributed by atoms with Crippen LogP contribution in [-0.4, -0.2) is 31.1 Å². The summed E-state index contributed by atoms with van der Waals surface area (Å²) in [4.78, 5) is 22.5. The number of aryl methyl sites for hydroxylation is 1. The second kappa shape index (κ2) is 6.75. The lowest BCUT2D eigenvalue weighted by atomic mass is 10.1. The van der Waals surface area contributed by atoms with E-state index in [-0.39, 0.29) is 18.6 Å². The van der Waals surface area contributed by atoms with Crippen LogP contribution in [0.25, 0.3) is 0 Å². The molecule has 0 radical (unpaired) electrons. The summed E-state index contributed by atoms with van der Waals surface area (Å²) in [6.45, 7) is 3.41. The number of nitrogens with zero attached hydrogens (tertiary/aromatic N) is 1. The third kappa shape index (κ3) is 5.39. The van der Waals surface area contributed by atoms with Gasteiger partial charge >= 0.3 is 12.0 Å². The molecule has 0 aliphatic carbocycles. The average molecular weight is 265 g/mol. The Kier molecular flexibility index (Phi) is 5.32. The number of nitrogens with one attached hydrogen (secondary N) is 2. The van der Waals surface area contributed by atoms with Crippen molar-refractivity contribution in [3.8, 4) is 0 Å². The summed E-state index contributed by atoms with van der Waals surface area (Å²) in [5.41, 5.74) is 4.97. The molecule has 6 nitrogen and oxygen atoms in total. The summed E-state index contributed by atoms with van der Waals surface area (Å²) < 4.78 is 4.97. The zero-order valence-electron chi connectivity index (χ0n) is 11.6. The minimum absolute atomic E-state index is 0.134. The minimum atomic E-state index is -0.356. The van der Waals surface area contributed by atoms with E-state index in [2.05, 4.69) is 10.7 Å². The summed E-state index contributed by atoms with van der Waals surface area (Å²) >= 11 is 0. The van der Waals surface area contributed by atoms with Crippen LogP contribution in [-0.2, 0) is 16.1 Å². The molecule has 0 spiro atoms. The van der Waals surface area contributed by atoms with Crippen LogP contribution in [0.3, 0.4) is 0 Å². The van der Waals surface area contributed by atoms with Crippen molar-refractivity contribution in [1.82, 2.24) is 10.4 Å². The number of rotatable bonds is 4. The highest BCUT2D eigenvalue weighted by Crippen LogP contribution is 2.18. The predicted octanol–water partition coefficient (Wildman–Crippen LogP) is 1.66. The van der Waals surface area contributed by atoms with Gasteiger partial charge in [0.2, 0.25) is 0 Å². The molecule has 2 amide bonds. The molecule has 1 aromatic carbocycles. The standard InChI is InChI=1S/C13H19N3O3/c1-9-5-6-12(14-13(18)15-16(3)4)11(7-9)8-19-10(2)17/h5-7H,8H2,1-4H3,(H2,14,15,18). The van der Waals surface area contributed by atoms with Crippen LogP contribution in [0.5, 0.6) is 0 Å². The number of hydrogen-bond donors (Lipinski definition) is 2. The van der Waals surface area contributed by atoms with E-state index >= 15 is 0 Å². The summed E-state index contributed by atoms with van der Waals surface area (Å²) in [6.07, 6.45) is 0. The van der Waals surface area contributed by atoms with Crippen molar-refractivity contribution in [3.05, 3.63) is 29.3 Å². The molecule has 0 saturated heterocycles. The maximum absolute atomic E-state index is 11.6. The van der Waals surface area contributed by atoms with Crippen LogP contribution in [0, 0.1) is 6.92 Å². The first kappa shape index (κ1) is 15.0. The van der Waals surface area contributed by atoms with Crippen molar-refractivity contribution >= 4 is 17.7 Å². The fourth-order valence-electron chi connectivity index (χ4n) is 1.50. The normalized spacial score (nSPS) is 10.2. The van der Waals surface area contributed by atoms with Gasteiger partial charge in [-0.2, -0.15) is 0 Å². The number of esters is 1. The van der Waals surface area contributed by atoms with Gasteiger partial charge in [-0.05, 0) is 13.0 Å². The first-order valence-corrected chi connectivity index (χ1v) is 5.86. The number of anilines is 1. The molecule has 6 heteroatoms. The summed E-state index contributed by atoms with van der Waals surface area (Å²) in [7, 11) is 3.43. The molecule has 104 valence electrons. The predicted molar refractivity (Wildman–Crippen MR) is 72.5 cm³/mol. The molecule has 2 N–H and O–H groups in total. The first-order chi connectivity index (χ1) is 8.88. The van der Waals surface area contributed by atoms with Crippen molar-refractivity contribution in [3.63, 3.8) is 0 Å². The van der Waals surface area contributed by atoms with E-state index in [1.54, 1.807) is 20.2 Å². The van der Waals surface area contributed by atoms with Crippen LogP contribution in [0.1, 0.15) is 18.1 Å². The Morgan fingerprint density at radius 1 is 1.32 bits per heavy atom. The minimum Gasteiger partial charge on any atom is -0.461 e. The Bertz CT molecular complexity index is 472. The highest BCUT2D eigenvalue weighted by atomic mass is 16.5. The quantitative estimate of drug-likeness (QED) is 0.641. The number of carbonyl (C=O) groups is 2. The average Bonchev–Trinajstić information content (AvgIpc) is 2.28. The molecule has 1 rings (SSSR count). The third-order valence-corrected chi connectivity index (χ3v) is 2.27. The number of hydrogen-bond acceptors (Lipinski definition) is 4. The molecular weight excluding hydrogens is 246 g/mol. The third-order valence-electron chi connectivity index (χ3n) is 2.27. The first-order valence-electron chi connectivity index (χ1n) is 5.86. The van der Waals surface area contributed by atoms with Gasteiger partial charge in [-0.3, -0.25) is 10.2 Å². The Morgan fingerprint density at radius 3 is 2.58 bits per heavy atom. The van der Waals surface area contributed by atoms with Crippen molar-refractivity contribution in [2.24, 2.45) is 0 Å². The van der Waals surface area contributed by atoms with Crippen LogP contribution < -0.4 is 10.7 Å². The molecule has 1 aromatic rings. The van der Waals surface area contributed by atoms with E-state index in [0.29, 0.717) is 5.69 Å². The number of benzene rings is 1. The molecule has 0 aliphatic rings. The van der Waals surface area contributed by atoms with Gasteiger partial charge in [0.05, 0.1) is 0 Å². The van der Waals surface area contributed by atoms with Gasteiger partial charge in [0.15, 0.2) is 0 Å². The fraction of sp³-hybridized carbons (Fsp3) is 0.385. The van der Waals surface area contributed by atoms with Gasteiger partial charge in [-0.1, -0.05) is 17.7 Å². The maximum Gasteiger partial charge on any atom is 0.333 e. The molecule has 0 saturated carbocycles. The summed E-state index contributed by atoms with van der Waals surface area (Å²) in [5.74, 6) is -0.356. The van der Waals surface area contributed by atoms with E-state index in [1.165, 1.54) is 11.9 Å². The SMILES string of the molecule is CC(=O)OCc1cc(C)ccc1NC(=O)NN(C)C. The van der Waals surface area contributed by atoms with Gasteiger partial charge in [0, 0.05) is 32.3 Å². The van der Waals surface area contributed by atoms with E-state index < -0.39 is 0 Å². The molecule has 0 aliphatic heterocycles. The van der Waals surface area contributed by atoms with Crippen LogP contribution in [0.4, 0.5) is 10.5 Å². The second-order valence-corrected chi connectivity index (χ2v) is 4.40. The van der Waals surface area contributed by atoms with Gasteiger partial charge in [0.1, 0.15) is 6.61 Å². The van der Waals surface area contributed by atoms with Gasteiger partial charge < -0.3 is 10.1 Å². The Labute approximate surface area is 112 Å². The van der Waals surface area contributed by atoms with Gasteiger partial charge in [-0.25, -0.2) is 9.80 Å². The highest BCUT2D eigenvalue weighted by molar-refractivity contribution is 5.89. The summed E-state index contributed by atoms with van der Waals surface area (Å²) in [6, 6.07) is 5.18. The van der Waals surface area contributed by atoms with Crippen LogP contribution in [0.15, 0.2) is 18.2 Å². The molecule has 19 heavy (non-hydrogen) atoms. The number of urea groups is 1. The van der Waals surface area contributed by atoms with E-state index in [9.17, 15) is 9.59 Å². The van der Waals surface area contributed by atoms with Gasteiger partial charge in [-0.15, -0.1) is 0 Å². The maximum atomic E-state index is 11.6. The van der Waals surface area contributed by atoms with Gasteiger partial charge in [0.25, 0.3) is 0 Å². The molecule has 0 aromatic heterocycles. The number of carbonyl (C=O) groups excluding carboxylic acids is 2. The fourth-order valence-corrected chi connectivity index (χ4v) is 1.50. The number of amides is 2. The lowest BCUT2D eigenvalue weighted by molar-refractivity contribution is -0.142. The molecular formula is C13H19N3O3. The summed E-state index contributed by atoms with van der Waals surface area (Å²) in [5, 5.41) is 4.25. The topological polar surface area (TPSA) is 70.7 Å². The second-order valence-electron chi connectivity index (χ2n) is 4.40. The monoisotopic (exact) mass is 265 g/mol. The largest absolute Gasteiger partial charge is 0.461 e. The number of hydrazine groups is 1. The highest BCUT2D eigenvalue weighted by Gasteiger charge is 2.08. The van der Waals surface area contributed by atoms with Crippen molar-refractivity contribution < 1.29 is 14.3 Å². The molecule has 0 bridgehead atoms. The Morgan fingerprint density at radius 2 is 2.00 bits per heavy atom. The van der Waals surface area contributed by atoms with E-state index in [0.717, 1.165) is 11.1 Å². The zero-order chi connectivity index (χ0) is 14.4. The lowest BCUT2D eigenvalue weighted by Crippen LogP contribution is -2.39. The van der Waals surface area contributed by atoms with Crippen molar-refractivity contribution in [1.29, 1.82) is 0 Å². The molecule has 0 heterocycles. The smallest absolute Gasteiger partial charge is 0.333 e. The molecule has 0 atom stereocenters. The van der Waals surface area contributed by atoms with E-state index in [4.69, 9.17) is 4.74 Å². The van der Waals surface area contributed by atoms with Crippen molar-refractivity contribution in [2.75, 3.05) is 19.4 Å². The van der Waals surface area contributed by atoms with Crippen LogP contribution >= 0.6 is 0 Å². The number of ether oxygens (including phenoxy) is 1. The van der Waals surface area contributed by atoms with Crippen LogP contribution in [0.2, 0.25) is 0 Å². The Balaban J connectivity index is 2.81. The lowest BCUT2D eigenvalue weighted by Gasteiger charge is -2.15. The zero-order valence-corrected chi connectivity index (χ0v) is 11.6. The van der Waals surface area contributed by atoms with E-state index in [1.807, 2.05) is 19.1 Å². The molecule has 0 fully saturated rings. The molecule has 0 unspecified atom stereocenters. The van der Waals surface area contributed by atoms with Crippen molar-refractivity contribution in [2.45, 2.75) is 20.5 Å². The Hall–Kier alpha value is -2.08.